The minimum atomic E-state index is -4.51. The second-order valence-corrected chi connectivity index (χ2v) is 7.36. The Morgan fingerprint density at radius 2 is 1.59 bits per heavy atom. The van der Waals surface area contributed by atoms with Gasteiger partial charge in [-0.2, -0.15) is 18.3 Å². The smallest absolute Gasteiger partial charge is 0.339 e. The number of hydrogen-bond donors (Lipinski definition) is 0. The molecule has 32 heavy (non-hydrogen) atoms. The molecule has 0 radical (unpaired) electrons. The maximum Gasteiger partial charge on any atom is 0.435 e. The van der Waals surface area contributed by atoms with Gasteiger partial charge in [-0.15, -0.1) is 0 Å². The molecule has 1 fully saturated rings. The van der Waals surface area contributed by atoms with Gasteiger partial charge in [-0.3, -0.25) is 14.6 Å². The van der Waals surface area contributed by atoms with E-state index in [0.717, 1.165) is 10.7 Å². The highest BCUT2D eigenvalue weighted by Gasteiger charge is 2.33. The van der Waals surface area contributed by atoms with Crippen molar-refractivity contribution in [3.05, 3.63) is 77.9 Å². The van der Waals surface area contributed by atoms with Crippen LogP contribution in [0, 0.1) is 0 Å². The zero-order chi connectivity index (χ0) is 22.7. The molecule has 0 N–H and O–H groups in total. The maximum absolute atomic E-state index is 12.8. The fraction of sp³-hybridized carbons (Fsp3) is 0.273. The molecule has 0 unspecified atom stereocenters. The van der Waals surface area contributed by atoms with E-state index in [-0.39, 0.29) is 18.2 Å². The van der Waals surface area contributed by atoms with E-state index in [1.807, 2.05) is 6.07 Å². The number of benzene rings is 1. The van der Waals surface area contributed by atoms with Crippen molar-refractivity contribution >= 4 is 11.8 Å². The van der Waals surface area contributed by atoms with Crippen LogP contribution in [0.4, 0.5) is 13.2 Å². The van der Waals surface area contributed by atoms with Gasteiger partial charge in [-0.05, 0) is 42.5 Å². The Morgan fingerprint density at radius 3 is 2.19 bits per heavy atom. The van der Waals surface area contributed by atoms with E-state index in [1.54, 1.807) is 52.4 Å². The van der Waals surface area contributed by atoms with E-state index in [0.29, 0.717) is 43.1 Å². The second kappa shape index (κ2) is 8.81. The topological polar surface area (TPSA) is 71.3 Å². The summed E-state index contributed by atoms with van der Waals surface area (Å²) < 4.78 is 39.3. The van der Waals surface area contributed by atoms with E-state index in [4.69, 9.17) is 0 Å². The highest BCUT2D eigenvalue weighted by atomic mass is 19.4. The molecule has 1 aromatic carbocycles. The summed E-state index contributed by atoms with van der Waals surface area (Å²) in [6.45, 7) is 1.68. The summed E-state index contributed by atoms with van der Waals surface area (Å²) in [6.07, 6.45) is -1.42. The Morgan fingerprint density at radius 1 is 0.906 bits per heavy atom. The van der Waals surface area contributed by atoms with Gasteiger partial charge in [0.1, 0.15) is 0 Å². The first kappa shape index (κ1) is 21.5. The molecule has 0 saturated carbocycles. The molecule has 0 spiro atoms. The summed E-state index contributed by atoms with van der Waals surface area (Å²) in [5.74, 6) is -0.220. The molecule has 0 bridgehead atoms. The number of carbonyl (C=O) groups excluding carboxylic acids is 2. The molecule has 10 heteroatoms. The van der Waals surface area contributed by atoms with E-state index in [2.05, 4.69) is 10.1 Å². The second-order valence-electron chi connectivity index (χ2n) is 7.36. The number of alkyl halides is 3. The number of carbonyl (C=O) groups is 2. The monoisotopic (exact) mass is 443 g/mol. The molecule has 3 heterocycles. The van der Waals surface area contributed by atoms with Crippen LogP contribution in [0.25, 0.3) is 5.69 Å². The highest BCUT2D eigenvalue weighted by molar-refractivity contribution is 5.94. The molecule has 1 saturated heterocycles. The lowest BCUT2D eigenvalue weighted by molar-refractivity contribution is -0.141. The summed E-state index contributed by atoms with van der Waals surface area (Å²) in [6, 6.07) is 12.5. The van der Waals surface area contributed by atoms with Crippen LogP contribution in [0.2, 0.25) is 0 Å². The number of pyridine rings is 1. The molecule has 0 aliphatic carbocycles. The first-order valence-corrected chi connectivity index (χ1v) is 10.0. The van der Waals surface area contributed by atoms with Gasteiger partial charge in [-0.25, -0.2) is 4.68 Å². The zero-order valence-corrected chi connectivity index (χ0v) is 17.0. The van der Waals surface area contributed by atoms with Crippen molar-refractivity contribution in [2.75, 3.05) is 26.2 Å². The van der Waals surface area contributed by atoms with E-state index >= 15 is 0 Å². The normalized spacial score (nSPS) is 14.5. The Hall–Kier alpha value is -3.69. The molecule has 166 valence electrons. The number of aromatic nitrogens is 3. The van der Waals surface area contributed by atoms with Crippen molar-refractivity contribution in [2.24, 2.45) is 0 Å². The minimum Gasteiger partial charge on any atom is -0.339 e. The molecule has 2 amide bonds. The lowest BCUT2D eigenvalue weighted by atomic mass is 10.1. The zero-order valence-electron chi connectivity index (χ0n) is 17.0. The predicted molar refractivity (Wildman–Crippen MR) is 109 cm³/mol. The van der Waals surface area contributed by atoms with Crippen molar-refractivity contribution in [2.45, 2.75) is 12.6 Å². The van der Waals surface area contributed by atoms with Crippen molar-refractivity contribution in [1.82, 2.24) is 24.6 Å². The van der Waals surface area contributed by atoms with Crippen LogP contribution in [0.15, 0.2) is 60.9 Å². The lowest BCUT2D eigenvalue weighted by Gasteiger charge is -2.34. The Bertz CT molecular complexity index is 1090. The van der Waals surface area contributed by atoms with Crippen LogP contribution in [-0.4, -0.2) is 62.6 Å². The summed E-state index contributed by atoms with van der Waals surface area (Å²) >= 11 is 0. The van der Waals surface area contributed by atoms with Gasteiger partial charge in [0.15, 0.2) is 5.69 Å². The predicted octanol–water partition coefficient (Wildman–Crippen LogP) is 2.81. The van der Waals surface area contributed by atoms with Gasteiger partial charge in [0, 0.05) is 49.8 Å². The largest absolute Gasteiger partial charge is 0.435 e. The number of halogens is 3. The minimum absolute atomic E-state index is 0.0300. The van der Waals surface area contributed by atoms with Crippen molar-refractivity contribution in [1.29, 1.82) is 0 Å². The number of rotatable bonds is 4. The molecule has 4 rings (SSSR count). The SMILES string of the molecule is O=C(Cc1ccccn1)N1CCN(C(=O)c2ccc(-n3ccc(C(F)(F)F)n3)cc2)CC1. The summed E-state index contributed by atoms with van der Waals surface area (Å²) in [7, 11) is 0. The van der Waals surface area contributed by atoms with Gasteiger partial charge < -0.3 is 9.80 Å². The quantitative estimate of drug-likeness (QED) is 0.622. The standard InChI is InChI=1S/C22H20F3N5O2/c23-22(24,25)19-8-10-30(27-19)18-6-4-16(5-7-18)21(32)29-13-11-28(12-14-29)20(31)15-17-3-1-2-9-26-17/h1-10H,11-15H2. The van der Waals surface area contributed by atoms with Gasteiger partial charge in [-0.1, -0.05) is 6.07 Å². The first-order chi connectivity index (χ1) is 15.3. The number of amides is 2. The Balaban J connectivity index is 1.34. The van der Waals surface area contributed by atoms with E-state index in [9.17, 15) is 22.8 Å². The summed E-state index contributed by atoms with van der Waals surface area (Å²) in [5, 5.41) is 3.53. The first-order valence-electron chi connectivity index (χ1n) is 10.0. The van der Waals surface area contributed by atoms with Crippen LogP contribution >= 0.6 is 0 Å². The fourth-order valence-electron chi connectivity index (χ4n) is 3.49. The van der Waals surface area contributed by atoms with Crippen LogP contribution in [0.3, 0.4) is 0 Å². The third kappa shape index (κ3) is 4.79. The van der Waals surface area contributed by atoms with Crippen LogP contribution < -0.4 is 0 Å². The molecule has 7 nitrogen and oxygen atoms in total. The van der Waals surface area contributed by atoms with E-state index < -0.39 is 11.9 Å². The van der Waals surface area contributed by atoms with Crippen molar-refractivity contribution in [3.8, 4) is 5.69 Å². The summed E-state index contributed by atoms with van der Waals surface area (Å²) in [5.41, 5.74) is 0.566. The van der Waals surface area contributed by atoms with Gasteiger partial charge >= 0.3 is 6.18 Å². The Labute approximate surface area is 182 Å². The molecular weight excluding hydrogens is 423 g/mol. The third-order valence-electron chi connectivity index (χ3n) is 5.24. The maximum atomic E-state index is 12.8. The van der Waals surface area contributed by atoms with Crippen molar-refractivity contribution < 1.29 is 22.8 Å². The average molecular weight is 443 g/mol. The molecular formula is C22H20F3N5O2. The fourth-order valence-corrected chi connectivity index (χ4v) is 3.49. The molecule has 3 aromatic rings. The van der Waals surface area contributed by atoms with Crippen LogP contribution in [0.1, 0.15) is 21.7 Å². The molecule has 2 aromatic heterocycles. The lowest BCUT2D eigenvalue weighted by Crippen LogP contribution is -2.51. The van der Waals surface area contributed by atoms with E-state index in [1.165, 1.54) is 6.20 Å². The number of hydrogen-bond acceptors (Lipinski definition) is 4. The van der Waals surface area contributed by atoms with Crippen LogP contribution in [0.5, 0.6) is 0 Å². The molecule has 1 aliphatic heterocycles. The highest BCUT2D eigenvalue weighted by Crippen LogP contribution is 2.28. The number of nitrogens with zero attached hydrogens (tertiary/aromatic N) is 5. The molecule has 1 aliphatic rings. The number of piperazine rings is 1. The summed E-state index contributed by atoms with van der Waals surface area (Å²) in [4.78, 5) is 32.8. The van der Waals surface area contributed by atoms with Crippen LogP contribution in [-0.2, 0) is 17.4 Å². The molecule has 0 atom stereocenters. The van der Waals surface area contributed by atoms with Gasteiger partial charge in [0.25, 0.3) is 5.91 Å². The van der Waals surface area contributed by atoms with Gasteiger partial charge in [0.2, 0.25) is 5.91 Å². The Kier molecular flexibility index (Phi) is 5.93. The third-order valence-corrected chi connectivity index (χ3v) is 5.24. The van der Waals surface area contributed by atoms with Crippen molar-refractivity contribution in [3.63, 3.8) is 0 Å². The van der Waals surface area contributed by atoms with Gasteiger partial charge in [0.05, 0.1) is 12.1 Å². The average Bonchev–Trinajstić information content (AvgIpc) is 3.31.